The van der Waals surface area contributed by atoms with Crippen LogP contribution >= 0.6 is 11.8 Å². The van der Waals surface area contributed by atoms with E-state index in [4.69, 9.17) is 4.98 Å². The van der Waals surface area contributed by atoms with Crippen LogP contribution < -0.4 is 5.56 Å². The number of carbonyl (C=O) groups is 1. The van der Waals surface area contributed by atoms with Crippen molar-refractivity contribution in [1.82, 2.24) is 19.4 Å². The Morgan fingerprint density at radius 1 is 1.06 bits per heavy atom. The van der Waals surface area contributed by atoms with Gasteiger partial charge in [0.15, 0.2) is 5.16 Å². The number of pyridine rings is 1. The number of amides is 1. The third-order valence-corrected chi connectivity index (χ3v) is 6.25. The fourth-order valence-corrected chi connectivity index (χ4v) is 4.57. The highest BCUT2D eigenvalue weighted by Gasteiger charge is 2.23. The van der Waals surface area contributed by atoms with Gasteiger partial charge < -0.3 is 4.90 Å². The molecule has 1 amide bonds. The molecule has 2 aromatic carbocycles. The van der Waals surface area contributed by atoms with Crippen LogP contribution in [0, 0.1) is 6.92 Å². The minimum absolute atomic E-state index is 0.0365. The molecule has 0 saturated heterocycles. The van der Waals surface area contributed by atoms with Crippen molar-refractivity contribution in [2.45, 2.75) is 30.8 Å². The molecule has 0 radical (unpaired) electrons. The van der Waals surface area contributed by atoms with Crippen LogP contribution in [-0.2, 0) is 11.3 Å². The Labute approximate surface area is 190 Å². The van der Waals surface area contributed by atoms with Gasteiger partial charge in [-0.3, -0.25) is 9.59 Å². The van der Waals surface area contributed by atoms with E-state index >= 15 is 0 Å². The van der Waals surface area contributed by atoms with Gasteiger partial charge in [-0.2, -0.15) is 0 Å². The number of para-hydroxylation sites is 1. The van der Waals surface area contributed by atoms with Crippen LogP contribution in [0.15, 0.2) is 82.9 Å². The number of rotatable bonds is 6. The van der Waals surface area contributed by atoms with Gasteiger partial charge in [0.05, 0.1) is 16.2 Å². The second-order valence-electron chi connectivity index (χ2n) is 7.64. The molecular formula is C25H24N4O2S. The summed E-state index contributed by atoms with van der Waals surface area (Å²) in [4.78, 5) is 37.4. The zero-order chi connectivity index (χ0) is 22.7. The Morgan fingerprint density at radius 3 is 2.53 bits per heavy atom. The van der Waals surface area contributed by atoms with Crippen LogP contribution in [0.25, 0.3) is 16.7 Å². The van der Waals surface area contributed by atoms with Crippen molar-refractivity contribution in [2.75, 3.05) is 7.05 Å². The zero-order valence-electron chi connectivity index (χ0n) is 18.2. The molecule has 4 rings (SSSR count). The van der Waals surface area contributed by atoms with Gasteiger partial charge in [-0.1, -0.05) is 60.3 Å². The lowest BCUT2D eigenvalue weighted by Gasteiger charge is -2.22. The van der Waals surface area contributed by atoms with E-state index in [0.29, 0.717) is 28.4 Å². The molecule has 2 aromatic heterocycles. The Hall–Kier alpha value is -3.45. The summed E-state index contributed by atoms with van der Waals surface area (Å²) in [6.45, 7) is 4.26. The quantitative estimate of drug-likeness (QED) is 0.329. The number of hydrogen-bond acceptors (Lipinski definition) is 5. The second-order valence-corrected chi connectivity index (χ2v) is 8.94. The number of carbonyl (C=O) groups excluding carboxylic acids is 1. The lowest BCUT2D eigenvalue weighted by Crippen LogP contribution is -2.33. The largest absolute Gasteiger partial charge is 0.340 e. The highest BCUT2D eigenvalue weighted by Crippen LogP contribution is 2.26. The maximum absolute atomic E-state index is 13.4. The van der Waals surface area contributed by atoms with Crippen LogP contribution in [0.2, 0.25) is 0 Å². The summed E-state index contributed by atoms with van der Waals surface area (Å²) in [6, 6.07) is 20.8. The normalized spacial score (nSPS) is 12.0. The van der Waals surface area contributed by atoms with E-state index in [1.165, 1.54) is 16.3 Å². The van der Waals surface area contributed by atoms with Crippen molar-refractivity contribution in [3.63, 3.8) is 0 Å². The summed E-state index contributed by atoms with van der Waals surface area (Å²) in [5.41, 5.74) is 2.32. The number of nitrogens with zero attached hydrogens (tertiary/aromatic N) is 4. The van der Waals surface area contributed by atoms with E-state index in [2.05, 4.69) is 4.98 Å². The van der Waals surface area contributed by atoms with Gasteiger partial charge >= 0.3 is 0 Å². The first-order chi connectivity index (χ1) is 15.5. The molecule has 0 aliphatic heterocycles. The summed E-state index contributed by atoms with van der Waals surface area (Å²) < 4.78 is 1.52. The predicted octanol–water partition coefficient (Wildman–Crippen LogP) is 4.23. The molecule has 4 aromatic rings. The predicted molar refractivity (Wildman–Crippen MR) is 128 cm³/mol. The third kappa shape index (κ3) is 4.43. The molecule has 6 nitrogen and oxygen atoms in total. The molecule has 0 bridgehead atoms. The summed E-state index contributed by atoms with van der Waals surface area (Å²) in [7, 11) is 1.79. The molecule has 1 unspecified atom stereocenters. The molecule has 0 N–H and O–H groups in total. The zero-order valence-corrected chi connectivity index (χ0v) is 19.0. The van der Waals surface area contributed by atoms with Crippen LogP contribution in [0.5, 0.6) is 0 Å². The SMILES string of the molecule is Cc1cccnc1-n1c(SC(C)C(=O)N(C)Cc2ccccc2)nc2ccccc2c1=O. The molecule has 0 fully saturated rings. The van der Waals surface area contributed by atoms with Crippen molar-refractivity contribution in [2.24, 2.45) is 0 Å². The van der Waals surface area contributed by atoms with Gasteiger partial charge in [0.25, 0.3) is 5.56 Å². The van der Waals surface area contributed by atoms with Crippen LogP contribution in [-0.4, -0.2) is 37.6 Å². The maximum atomic E-state index is 13.4. The van der Waals surface area contributed by atoms with Crippen molar-refractivity contribution < 1.29 is 4.79 Å². The molecule has 0 aliphatic carbocycles. The van der Waals surface area contributed by atoms with Gasteiger partial charge in [0.2, 0.25) is 5.91 Å². The summed E-state index contributed by atoms with van der Waals surface area (Å²) in [5.74, 6) is 0.487. The fraction of sp³-hybridized carbons (Fsp3) is 0.200. The summed E-state index contributed by atoms with van der Waals surface area (Å²) in [6.07, 6.45) is 1.65. The highest BCUT2D eigenvalue weighted by atomic mass is 32.2. The van der Waals surface area contributed by atoms with E-state index in [1.807, 2.05) is 74.5 Å². The highest BCUT2D eigenvalue weighted by molar-refractivity contribution is 8.00. The number of hydrogen-bond donors (Lipinski definition) is 0. The molecular weight excluding hydrogens is 420 g/mol. The van der Waals surface area contributed by atoms with Gasteiger partial charge in [0.1, 0.15) is 5.82 Å². The Morgan fingerprint density at radius 2 is 1.78 bits per heavy atom. The van der Waals surface area contributed by atoms with E-state index in [1.54, 1.807) is 24.2 Å². The number of aryl methyl sites for hydroxylation is 1. The van der Waals surface area contributed by atoms with Gasteiger partial charge in [0, 0.05) is 19.8 Å². The smallest absolute Gasteiger partial charge is 0.267 e. The lowest BCUT2D eigenvalue weighted by molar-refractivity contribution is -0.129. The number of aromatic nitrogens is 3. The molecule has 7 heteroatoms. The fourth-order valence-electron chi connectivity index (χ4n) is 3.54. The number of thioether (sulfide) groups is 1. The first kappa shape index (κ1) is 21.8. The summed E-state index contributed by atoms with van der Waals surface area (Å²) in [5, 5.41) is 0.526. The molecule has 1 atom stereocenters. The van der Waals surface area contributed by atoms with Crippen molar-refractivity contribution in [3.05, 3.63) is 94.4 Å². The first-order valence-electron chi connectivity index (χ1n) is 10.3. The van der Waals surface area contributed by atoms with Crippen molar-refractivity contribution in [1.29, 1.82) is 0 Å². The van der Waals surface area contributed by atoms with Crippen molar-refractivity contribution >= 4 is 28.6 Å². The van der Waals surface area contributed by atoms with Gasteiger partial charge in [-0.25, -0.2) is 14.5 Å². The average Bonchev–Trinajstić information content (AvgIpc) is 2.80. The molecule has 162 valence electrons. The molecule has 32 heavy (non-hydrogen) atoms. The van der Waals surface area contributed by atoms with Crippen LogP contribution in [0.4, 0.5) is 0 Å². The first-order valence-corrected chi connectivity index (χ1v) is 11.2. The monoisotopic (exact) mass is 444 g/mol. The van der Waals surface area contributed by atoms with Gasteiger partial charge in [-0.05, 0) is 43.2 Å². The van der Waals surface area contributed by atoms with E-state index in [9.17, 15) is 9.59 Å². The minimum atomic E-state index is -0.438. The Kier molecular flexibility index (Phi) is 6.37. The van der Waals surface area contributed by atoms with E-state index in [-0.39, 0.29) is 11.5 Å². The Balaban J connectivity index is 1.70. The second kappa shape index (κ2) is 9.36. The maximum Gasteiger partial charge on any atom is 0.267 e. The van der Waals surface area contributed by atoms with Crippen LogP contribution in [0.3, 0.4) is 0 Å². The average molecular weight is 445 g/mol. The third-order valence-electron chi connectivity index (χ3n) is 5.21. The molecule has 0 saturated carbocycles. The summed E-state index contributed by atoms with van der Waals surface area (Å²) >= 11 is 1.27. The van der Waals surface area contributed by atoms with E-state index in [0.717, 1.165) is 11.1 Å². The number of benzene rings is 2. The van der Waals surface area contributed by atoms with E-state index < -0.39 is 5.25 Å². The Bertz CT molecular complexity index is 1320. The van der Waals surface area contributed by atoms with Crippen LogP contribution in [0.1, 0.15) is 18.1 Å². The minimum Gasteiger partial charge on any atom is -0.340 e. The molecule has 2 heterocycles. The molecule has 0 aliphatic rings. The van der Waals surface area contributed by atoms with Crippen molar-refractivity contribution in [3.8, 4) is 5.82 Å². The number of fused-ring (bicyclic) bond motifs is 1. The topological polar surface area (TPSA) is 68.1 Å². The van der Waals surface area contributed by atoms with Gasteiger partial charge in [-0.15, -0.1) is 0 Å². The lowest BCUT2D eigenvalue weighted by atomic mass is 10.2. The standard InChI is InChI=1S/C25H24N4O2S/c1-17-10-9-15-26-22(17)29-24(31)20-13-7-8-14-21(20)27-25(29)32-18(2)23(30)28(3)16-19-11-5-4-6-12-19/h4-15,18H,16H2,1-3H3. The molecule has 0 spiro atoms.